The fraction of sp³-hybridized carbons (Fsp3) is 0. The molecule has 0 fully saturated rings. The molecule has 0 aromatic heterocycles. The minimum Gasteiger partial charge on any atom is -0.309 e. The van der Waals surface area contributed by atoms with Crippen molar-refractivity contribution in [2.75, 3.05) is 0 Å². The van der Waals surface area contributed by atoms with E-state index in [9.17, 15) is 8.78 Å². The lowest BCUT2D eigenvalue weighted by Gasteiger charge is -2.24. The van der Waals surface area contributed by atoms with E-state index in [0.717, 1.165) is 43.1 Å². The quantitative estimate of drug-likeness (QED) is 0.172. The summed E-state index contributed by atoms with van der Waals surface area (Å²) in [6, 6.07) is 38.3. The first-order valence-corrected chi connectivity index (χ1v) is 14.1. The smallest absolute Gasteiger partial charge is 0.171 e. The Balaban J connectivity index is 1.72. The number of fused-ring (bicyclic) bond motifs is 8. The van der Waals surface area contributed by atoms with Gasteiger partial charge in [-0.15, -0.1) is 0 Å². The van der Waals surface area contributed by atoms with Gasteiger partial charge in [0.05, 0.1) is 0 Å². The summed E-state index contributed by atoms with van der Waals surface area (Å²) in [7, 11) is -3.54. The van der Waals surface area contributed by atoms with Gasteiger partial charge in [0.25, 0.3) is 0 Å². The molecule has 0 amide bonds. The van der Waals surface area contributed by atoms with Crippen LogP contribution in [0.3, 0.4) is 0 Å². The summed E-state index contributed by atoms with van der Waals surface area (Å²) in [5.74, 6) is -0.805. The van der Waals surface area contributed by atoms with Gasteiger partial charge < -0.3 is 4.57 Å². The van der Waals surface area contributed by atoms with Gasteiger partial charge >= 0.3 is 0 Å². The molecule has 4 heteroatoms. The van der Waals surface area contributed by atoms with Crippen LogP contribution in [-0.2, 0) is 4.57 Å². The van der Waals surface area contributed by atoms with Crippen LogP contribution in [0.5, 0.6) is 0 Å². The minimum atomic E-state index is -3.54. The van der Waals surface area contributed by atoms with Gasteiger partial charge in [0.1, 0.15) is 11.6 Å². The molecule has 0 bridgehead atoms. The summed E-state index contributed by atoms with van der Waals surface area (Å²) >= 11 is 0. The van der Waals surface area contributed by atoms with Gasteiger partial charge in [-0.2, -0.15) is 0 Å². The van der Waals surface area contributed by atoms with E-state index in [1.54, 1.807) is 24.3 Å². The molecule has 0 aliphatic carbocycles. The van der Waals surface area contributed by atoms with E-state index in [4.69, 9.17) is 0 Å². The predicted octanol–water partition coefficient (Wildman–Crippen LogP) is 8.22. The van der Waals surface area contributed by atoms with Crippen molar-refractivity contribution in [3.63, 3.8) is 0 Å². The van der Waals surface area contributed by atoms with Crippen molar-refractivity contribution in [3.05, 3.63) is 139 Å². The Bertz CT molecular complexity index is 2010. The third-order valence-corrected chi connectivity index (χ3v) is 10.5. The fourth-order valence-electron chi connectivity index (χ4n) is 5.74. The highest BCUT2D eigenvalue weighted by molar-refractivity contribution is 7.85. The molecule has 0 saturated carbocycles. The summed E-state index contributed by atoms with van der Waals surface area (Å²) in [4.78, 5) is 0. The second-order valence-electron chi connectivity index (χ2n) is 9.52. The topological polar surface area (TPSA) is 17.1 Å². The highest BCUT2D eigenvalue weighted by atomic mass is 31.2. The van der Waals surface area contributed by atoms with Crippen LogP contribution in [0.2, 0.25) is 0 Å². The Kier molecular flexibility index (Phi) is 5.18. The van der Waals surface area contributed by atoms with Crippen molar-refractivity contribution in [1.82, 2.24) is 0 Å². The molecule has 0 spiro atoms. The summed E-state index contributed by atoms with van der Waals surface area (Å²) in [6.45, 7) is 0. The first-order valence-electron chi connectivity index (χ1n) is 12.4. The standard InChI is InChI=1S/C34H21F2OP/c35-22-13-17-24(18-14-22)38(37,25-19-15-23(36)16-20-25)33-21-32-28-9-2-1-7-26(28)27-8-3-5-11-30(27)34(32)31-12-6-4-10-29(31)33/h1-21H. The molecule has 0 saturated heterocycles. The fourth-order valence-corrected chi connectivity index (χ4v) is 8.57. The lowest BCUT2D eigenvalue weighted by atomic mass is 9.91. The molecule has 7 rings (SSSR count). The zero-order chi connectivity index (χ0) is 25.9. The molecule has 1 nitrogen and oxygen atoms in total. The van der Waals surface area contributed by atoms with E-state index in [0.29, 0.717) is 15.9 Å². The third-order valence-electron chi connectivity index (χ3n) is 7.45. The molecule has 7 aromatic rings. The molecular formula is C34H21F2OP. The van der Waals surface area contributed by atoms with Gasteiger partial charge in [-0.25, -0.2) is 8.78 Å². The lowest BCUT2D eigenvalue weighted by Crippen LogP contribution is -2.26. The monoisotopic (exact) mass is 514 g/mol. The number of hydrogen-bond acceptors (Lipinski definition) is 1. The average molecular weight is 515 g/mol. The van der Waals surface area contributed by atoms with Gasteiger partial charge in [0, 0.05) is 15.9 Å². The van der Waals surface area contributed by atoms with Crippen LogP contribution in [0.25, 0.3) is 43.1 Å². The maximum Gasteiger partial charge on any atom is 0.171 e. The maximum absolute atomic E-state index is 15.5. The van der Waals surface area contributed by atoms with Gasteiger partial charge in [-0.3, -0.25) is 0 Å². The molecule has 0 aliphatic heterocycles. The SMILES string of the molecule is O=P(c1ccc(F)cc1)(c1ccc(F)cc1)c1cc2c3ccccc3c3ccccc3c2c2ccccc12. The third kappa shape index (κ3) is 3.32. The van der Waals surface area contributed by atoms with Crippen LogP contribution in [0.4, 0.5) is 8.78 Å². The second kappa shape index (κ2) is 8.62. The van der Waals surface area contributed by atoms with Crippen molar-refractivity contribution in [2.24, 2.45) is 0 Å². The lowest BCUT2D eigenvalue weighted by molar-refractivity contribution is 0.592. The van der Waals surface area contributed by atoms with Gasteiger partial charge in [0.15, 0.2) is 7.14 Å². The summed E-state index contributed by atoms with van der Waals surface area (Å²) in [5, 5.41) is 10.1. The Morgan fingerprint density at radius 1 is 0.421 bits per heavy atom. The first-order chi connectivity index (χ1) is 18.6. The molecule has 0 N–H and O–H groups in total. The van der Waals surface area contributed by atoms with Crippen LogP contribution in [0.1, 0.15) is 0 Å². The molecule has 0 aliphatic rings. The Hall–Kier alpha value is -4.33. The summed E-state index contributed by atoms with van der Waals surface area (Å²) < 4.78 is 43.4. The van der Waals surface area contributed by atoms with Crippen molar-refractivity contribution in [2.45, 2.75) is 0 Å². The second-order valence-corrected chi connectivity index (χ2v) is 12.3. The molecule has 0 atom stereocenters. The van der Waals surface area contributed by atoms with Crippen LogP contribution in [0.15, 0.2) is 127 Å². The Morgan fingerprint density at radius 2 is 0.789 bits per heavy atom. The number of benzene rings is 7. The summed E-state index contributed by atoms with van der Waals surface area (Å²) in [6.07, 6.45) is 0. The molecule has 182 valence electrons. The van der Waals surface area contributed by atoms with Crippen LogP contribution >= 0.6 is 7.14 Å². The molecule has 0 unspecified atom stereocenters. The molecule has 7 aromatic carbocycles. The van der Waals surface area contributed by atoms with Gasteiger partial charge in [-0.05, 0) is 97.7 Å². The molecule has 0 heterocycles. The minimum absolute atomic E-state index is 0.403. The number of rotatable bonds is 3. The van der Waals surface area contributed by atoms with Crippen molar-refractivity contribution in [1.29, 1.82) is 0 Å². The van der Waals surface area contributed by atoms with Gasteiger partial charge in [0.2, 0.25) is 0 Å². The normalized spacial score (nSPS) is 12.1. The van der Waals surface area contributed by atoms with Crippen LogP contribution in [-0.4, -0.2) is 0 Å². The first kappa shape index (κ1) is 22.8. The van der Waals surface area contributed by atoms with Crippen LogP contribution in [0, 0.1) is 11.6 Å². The Morgan fingerprint density at radius 3 is 1.29 bits per heavy atom. The number of hydrogen-bond donors (Lipinski definition) is 0. The average Bonchev–Trinajstić information content (AvgIpc) is 2.97. The van der Waals surface area contributed by atoms with Gasteiger partial charge in [-0.1, -0.05) is 72.8 Å². The van der Waals surface area contributed by atoms with E-state index in [1.165, 1.54) is 24.3 Å². The highest BCUT2D eigenvalue weighted by Crippen LogP contribution is 2.47. The van der Waals surface area contributed by atoms with E-state index in [2.05, 4.69) is 36.4 Å². The number of halogens is 2. The van der Waals surface area contributed by atoms with E-state index >= 15 is 4.57 Å². The van der Waals surface area contributed by atoms with Crippen molar-refractivity contribution < 1.29 is 13.3 Å². The zero-order valence-corrected chi connectivity index (χ0v) is 21.1. The van der Waals surface area contributed by atoms with E-state index in [1.807, 2.05) is 42.5 Å². The largest absolute Gasteiger partial charge is 0.309 e. The predicted molar refractivity (Wildman–Crippen MR) is 156 cm³/mol. The highest BCUT2D eigenvalue weighted by Gasteiger charge is 2.32. The van der Waals surface area contributed by atoms with E-state index in [-0.39, 0.29) is 0 Å². The van der Waals surface area contributed by atoms with Crippen molar-refractivity contribution in [3.8, 4) is 0 Å². The summed E-state index contributed by atoms with van der Waals surface area (Å²) in [5.41, 5.74) is 0. The molecular weight excluding hydrogens is 493 g/mol. The zero-order valence-electron chi connectivity index (χ0n) is 20.2. The van der Waals surface area contributed by atoms with Crippen LogP contribution < -0.4 is 15.9 Å². The molecule has 0 radical (unpaired) electrons. The maximum atomic E-state index is 15.5. The molecule has 38 heavy (non-hydrogen) atoms. The van der Waals surface area contributed by atoms with Crippen molar-refractivity contribution >= 4 is 66.1 Å². The Labute approximate surface area is 218 Å². The van der Waals surface area contributed by atoms with E-state index < -0.39 is 18.8 Å².